The minimum Gasteiger partial charge on any atom is -0.396 e. The van der Waals surface area contributed by atoms with E-state index in [-0.39, 0.29) is 0 Å². The van der Waals surface area contributed by atoms with Crippen LogP contribution < -0.4 is 0 Å². The molecule has 0 bridgehead atoms. The van der Waals surface area contributed by atoms with Crippen LogP contribution in [-0.4, -0.2) is 36.2 Å². The molecule has 1 saturated carbocycles. The molecule has 0 aromatic carbocycles. The van der Waals surface area contributed by atoms with Crippen LogP contribution in [0.4, 0.5) is 0 Å². The van der Waals surface area contributed by atoms with Crippen LogP contribution in [0.3, 0.4) is 0 Å². The second-order valence-electron chi connectivity index (χ2n) is 4.72. The van der Waals surface area contributed by atoms with Gasteiger partial charge in [-0.2, -0.15) is 0 Å². The minimum absolute atomic E-state index is 0.400. The number of hydrogen-bond acceptors (Lipinski definition) is 2. The zero-order chi connectivity index (χ0) is 9.10. The van der Waals surface area contributed by atoms with E-state index >= 15 is 0 Å². The summed E-state index contributed by atoms with van der Waals surface area (Å²) < 4.78 is 0. The summed E-state index contributed by atoms with van der Waals surface area (Å²) in [5.41, 5.74) is 0. The van der Waals surface area contributed by atoms with Crippen molar-refractivity contribution in [3.05, 3.63) is 0 Å². The Hall–Kier alpha value is -0.0800. The summed E-state index contributed by atoms with van der Waals surface area (Å²) in [5.74, 6) is 1.61. The quantitative estimate of drug-likeness (QED) is 0.716. The Labute approximate surface area is 80.9 Å². The summed E-state index contributed by atoms with van der Waals surface area (Å²) in [6.45, 7) is 4.23. The second kappa shape index (κ2) is 4.43. The summed E-state index contributed by atoms with van der Waals surface area (Å²) in [6.07, 6.45) is 6.65. The Morgan fingerprint density at radius 2 is 1.85 bits per heavy atom. The van der Waals surface area contributed by atoms with Gasteiger partial charge in [0.1, 0.15) is 0 Å². The average molecular weight is 183 g/mol. The van der Waals surface area contributed by atoms with Crippen LogP contribution in [0, 0.1) is 11.8 Å². The number of hydrogen-bond donors (Lipinski definition) is 1. The highest BCUT2D eigenvalue weighted by Gasteiger charge is 2.25. The molecule has 0 aromatic rings. The summed E-state index contributed by atoms with van der Waals surface area (Å²) in [4.78, 5) is 2.60. The fourth-order valence-corrected chi connectivity index (χ4v) is 2.26. The smallest absolute Gasteiger partial charge is 0.0459 e. The number of likely N-dealkylation sites (tertiary alicyclic amines) is 1. The molecule has 0 amide bonds. The standard InChI is InChI=1S/C11H21NO/c13-9-11-2-1-6-12(7-5-11)8-10-3-4-10/h10-11,13H,1-9H2. The summed E-state index contributed by atoms with van der Waals surface area (Å²) in [7, 11) is 0. The van der Waals surface area contributed by atoms with Crippen LogP contribution in [0.25, 0.3) is 0 Å². The third-order valence-corrected chi connectivity index (χ3v) is 3.41. The van der Waals surface area contributed by atoms with E-state index in [4.69, 9.17) is 5.11 Å². The van der Waals surface area contributed by atoms with Crippen molar-refractivity contribution in [3.8, 4) is 0 Å². The van der Waals surface area contributed by atoms with Crippen LogP contribution in [0.2, 0.25) is 0 Å². The molecule has 1 aliphatic heterocycles. The van der Waals surface area contributed by atoms with Gasteiger partial charge in [0, 0.05) is 13.2 Å². The number of aliphatic hydroxyl groups excluding tert-OH is 1. The summed E-state index contributed by atoms with van der Waals surface area (Å²) >= 11 is 0. The van der Waals surface area contributed by atoms with Crippen molar-refractivity contribution in [1.82, 2.24) is 4.90 Å². The summed E-state index contributed by atoms with van der Waals surface area (Å²) in [5, 5.41) is 9.08. The van der Waals surface area contributed by atoms with E-state index in [9.17, 15) is 0 Å². The van der Waals surface area contributed by atoms with Gasteiger partial charge in [-0.3, -0.25) is 0 Å². The van der Waals surface area contributed by atoms with Gasteiger partial charge in [0.2, 0.25) is 0 Å². The lowest BCUT2D eigenvalue weighted by atomic mass is 10.0. The molecule has 1 heterocycles. The monoisotopic (exact) mass is 183 g/mol. The highest BCUT2D eigenvalue weighted by molar-refractivity contribution is 4.79. The van der Waals surface area contributed by atoms with Crippen molar-refractivity contribution >= 4 is 0 Å². The first kappa shape index (κ1) is 9.47. The van der Waals surface area contributed by atoms with Gasteiger partial charge in [0.15, 0.2) is 0 Å². The molecular formula is C11H21NO. The highest BCUT2D eigenvalue weighted by Crippen LogP contribution is 2.30. The maximum absolute atomic E-state index is 9.08. The first-order chi connectivity index (χ1) is 6.38. The highest BCUT2D eigenvalue weighted by atomic mass is 16.3. The molecule has 1 atom stereocenters. The summed E-state index contributed by atoms with van der Waals surface area (Å²) in [6, 6.07) is 0. The van der Waals surface area contributed by atoms with Gasteiger partial charge in [-0.15, -0.1) is 0 Å². The Kier molecular flexibility index (Phi) is 3.23. The van der Waals surface area contributed by atoms with E-state index in [1.807, 2.05) is 0 Å². The fourth-order valence-electron chi connectivity index (χ4n) is 2.26. The van der Waals surface area contributed by atoms with E-state index in [0.717, 1.165) is 5.92 Å². The van der Waals surface area contributed by atoms with E-state index in [1.165, 1.54) is 51.7 Å². The second-order valence-corrected chi connectivity index (χ2v) is 4.72. The molecule has 0 aromatic heterocycles. The molecular weight excluding hydrogens is 162 g/mol. The predicted octanol–water partition coefficient (Wildman–Crippen LogP) is 1.49. The van der Waals surface area contributed by atoms with Gasteiger partial charge in [-0.05, 0) is 57.0 Å². The van der Waals surface area contributed by atoms with Crippen LogP contribution in [0.15, 0.2) is 0 Å². The molecule has 76 valence electrons. The Morgan fingerprint density at radius 3 is 2.54 bits per heavy atom. The van der Waals surface area contributed by atoms with Crippen LogP contribution in [-0.2, 0) is 0 Å². The van der Waals surface area contributed by atoms with Gasteiger partial charge in [0.25, 0.3) is 0 Å². The minimum atomic E-state index is 0.400. The van der Waals surface area contributed by atoms with Crippen molar-refractivity contribution in [2.45, 2.75) is 32.1 Å². The van der Waals surface area contributed by atoms with Crippen molar-refractivity contribution in [1.29, 1.82) is 0 Å². The van der Waals surface area contributed by atoms with Gasteiger partial charge < -0.3 is 10.0 Å². The fraction of sp³-hybridized carbons (Fsp3) is 1.00. The molecule has 0 spiro atoms. The molecule has 1 saturated heterocycles. The molecule has 1 N–H and O–H groups in total. The van der Waals surface area contributed by atoms with Crippen LogP contribution in [0.1, 0.15) is 32.1 Å². The molecule has 1 unspecified atom stereocenters. The zero-order valence-electron chi connectivity index (χ0n) is 8.41. The Bertz CT molecular complexity index is 156. The van der Waals surface area contributed by atoms with E-state index in [2.05, 4.69) is 4.90 Å². The topological polar surface area (TPSA) is 23.5 Å². The van der Waals surface area contributed by atoms with E-state index in [1.54, 1.807) is 0 Å². The van der Waals surface area contributed by atoms with Crippen molar-refractivity contribution < 1.29 is 5.11 Å². The van der Waals surface area contributed by atoms with Crippen molar-refractivity contribution in [2.75, 3.05) is 26.2 Å². The molecule has 2 aliphatic rings. The number of nitrogens with zero attached hydrogens (tertiary/aromatic N) is 1. The van der Waals surface area contributed by atoms with Gasteiger partial charge in [-0.1, -0.05) is 0 Å². The molecule has 2 nitrogen and oxygen atoms in total. The zero-order valence-corrected chi connectivity index (χ0v) is 8.41. The molecule has 0 radical (unpaired) electrons. The Morgan fingerprint density at radius 1 is 1.00 bits per heavy atom. The van der Waals surface area contributed by atoms with Gasteiger partial charge >= 0.3 is 0 Å². The van der Waals surface area contributed by atoms with Gasteiger partial charge in [-0.25, -0.2) is 0 Å². The first-order valence-electron chi connectivity index (χ1n) is 5.71. The lowest BCUT2D eigenvalue weighted by Gasteiger charge is -2.19. The molecule has 2 fully saturated rings. The van der Waals surface area contributed by atoms with Crippen LogP contribution >= 0.6 is 0 Å². The lowest BCUT2D eigenvalue weighted by molar-refractivity contribution is 0.207. The van der Waals surface area contributed by atoms with Crippen molar-refractivity contribution in [3.63, 3.8) is 0 Å². The van der Waals surface area contributed by atoms with E-state index < -0.39 is 0 Å². The predicted molar refractivity (Wildman–Crippen MR) is 53.6 cm³/mol. The van der Waals surface area contributed by atoms with Crippen molar-refractivity contribution in [2.24, 2.45) is 11.8 Å². The third-order valence-electron chi connectivity index (χ3n) is 3.41. The Balaban J connectivity index is 1.72. The van der Waals surface area contributed by atoms with Crippen LogP contribution in [0.5, 0.6) is 0 Å². The largest absolute Gasteiger partial charge is 0.396 e. The molecule has 13 heavy (non-hydrogen) atoms. The average Bonchev–Trinajstić information content (AvgIpc) is 2.93. The normalized spacial score (nSPS) is 31.6. The molecule has 2 rings (SSSR count). The maximum atomic E-state index is 9.08. The lowest BCUT2D eigenvalue weighted by Crippen LogP contribution is -2.27. The van der Waals surface area contributed by atoms with E-state index in [0.29, 0.717) is 12.5 Å². The SMILES string of the molecule is OCC1CCCN(CC2CC2)CC1. The van der Waals surface area contributed by atoms with Gasteiger partial charge in [0.05, 0.1) is 0 Å². The third kappa shape index (κ3) is 2.96. The maximum Gasteiger partial charge on any atom is 0.0459 e. The number of aliphatic hydroxyl groups is 1. The molecule has 2 heteroatoms. The first-order valence-corrected chi connectivity index (χ1v) is 5.71. The number of rotatable bonds is 3. The molecule has 1 aliphatic carbocycles.